The van der Waals surface area contributed by atoms with E-state index in [1.807, 2.05) is 30.3 Å². The van der Waals surface area contributed by atoms with Crippen LogP contribution in [0, 0.1) is 5.82 Å². The fraction of sp³-hybridized carbons (Fsp3) is 0.261. The molecular formula is C23H25FN4O2. The first-order valence-corrected chi connectivity index (χ1v) is 9.80. The average Bonchev–Trinajstić information content (AvgIpc) is 2.74. The maximum Gasteiger partial charge on any atom is 0.242 e. The van der Waals surface area contributed by atoms with Gasteiger partial charge in [-0.1, -0.05) is 36.4 Å². The Morgan fingerprint density at radius 1 is 1.03 bits per heavy atom. The summed E-state index contributed by atoms with van der Waals surface area (Å²) >= 11 is 0. The fourth-order valence-corrected chi connectivity index (χ4v) is 3.45. The highest BCUT2D eigenvalue weighted by atomic mass is 19.1. The Morgan fingerprint density at radius 3 is 2.53 bits per heavy atom. The van der Waals surface area contributed by atoms with Gasteiger partial charge in [-0.3, -0.25) is 14.6 Å². The number of nitrogens with one attached hydrogen (secondary N) is 2. The van der Waals surface area contributed by atoms with Crippen LogP contribution >= 0.6 is 0 Å². The molecule has 0 bridgehead atoms. The van der Waals surface area contributed by atoms with E-state index in [9.17, 15) is 14.0 Å². The number of benzene rings is 2. The zero-order chi connectivity index (χ0) is 21.5. The Kier molecular flexibility index (Phi) is 7.08. The molecule has 0 radical (unpaired) electrons. The molecule has 0 spiro atoms. The standard InChI is InChI=1S/C23H25FN4O2/c1-26-23(30)21(13-15-10-11-27-20-9-5-3-7-18(15)20)28-22(29)14-17(25)12-16-6-2-4-8-19(16)24/h2-11,17,21H,12-14,25H2,1H3,(H,26,30)(H,28,29)/t17-,21?/m1/s1. The van der Waals surface area contributed by atoms with Crippen molar-refractivity contribution in [3.63, 3.8) is 0 Å². The minimum atomic E-state index is -0.756. The molecule has 1 aromatic heterocycles. The van der Waals surface area contributed by atoms with Gasteiger partial charge in [-0.15, -0.1) is 0 Å². The van der Waals surface area contributed by atoms with E-state index in [4.69, 9.17) is 5.73 Å². The van der Waals surface area contributed by atoms with E-state index in [-0.39, 0.29) is 30.5 Å². The van der Waals surface area contributed by atoms with Crippen LogP contribution in [0.25, 0.3) is 10.9 Å². The van der Waals surface area contributed by atoms with E-state index >= 15 is 0 Å². The van der Waals surface area contributed by atoms with Crippen LogP contribution in [0.4, 0.5) is 4.39 Å². The minimum absolute atomic E-state index is 0.0150. The van der Waals surface area contributed by atoms with Gasteiger partial charge >= 0.3 is 0 Å². The molecular weight excluding hydrogens is 383 g/mol. The summed E-state index contributed by atoms with van der Waals surface area (Å²) in [5.41, 5.74) is 8.24. The number of hydrogen-bond donors (Lipinski definition) is 3. The molecule has 1 heterocycles. The number of carbonyl (C=O) groups is 2. The zero-order valence-electron chi connectivity index (χ0n) is 16.8. The van der Waals surface area contributed by atoms with Crippen LogP contribution < -0.4 is 16.4 Å². The van der Waals surface area contributed by atoms with Gasteiger partial charge in [0.15, 0.2) is 0 Å². The van der Waals surface area contributed by atoms with Gasteiger partial charge in [0.1, 0.15) is 11.9 Å². The predicted molar refractivity (Wildman–Crippen MR) is 114 cm³/mol. The number of nitrogens with zero attached hydrogens (tertiary/aromatic N) is 1. The highest BCUT2D eigenvalue weighted by Gasteiger charge is 2.22. The summed E-state index contributed by atoms with van der Waals surface area (Å²) in [5.74, 6) is -1.00. The molecule has 0 fully saturated rings. The van der Waals surface area contributed by atoms with Gasteiger partial charge in [-0.05, 0) is 35.7 Å². The summed E-state index contributed by atoms with van der Waals surface area (Å²) in [6, 6.07) is 14.5. The van der Waals surface area contributed by atoms with Crippen LogP contribution in [0.2, 0.25) is 0 Å². The summed E-state index contributed by atoms with van der Waals surface area (Å²) in [5, 5.41) is 6.29. The molecule has 0 saturated heterocycles. The minimum Gasteiger partial charge on any atom is -0.357 e. The summed E-state index contributed by atoms with van der Waals surface area (Å²) in [6.07, 6.45) is 2.22. The van der Waals surface area contributed by atoms with E-state index in [2.05, 4.69) is 15.6 Å². The Bertz CT molecular complexity index is 1040. The van der Waals surface area contributed by atoms with Gasteiger partial charge in [0, 0.05) is 37.5 Å². The fourth-order valence-electron chi connectivity index (χ4n) is 3.45. The van der Waals surface area contributed by atoms with Crippen molar-refractivity contribution in [1.29, 1.82) is 0 Å². The first kappa shape index (κ1) is 21.4. The normalized spacial score (nSPS) is 12.9. The van der Waals surface area contributed by atoms with Crippen molar-refractivity contribution in [3.05, 3.63) is 77.7 Å². The van der Waals surface area contributed by atoms with Crippen LogP contribution in [-0.2, 0) is 22.4 Å². The van der Waals surface area contributed by atoms with E-state index in [0.717, 1.165) is 16.5 Å². The third-order valence-corrected chi connectivity index (χ3v) is 4.95. The molecule has 4 N–H and O–H groups in total. The van der Waals surface area contributed by atoms with Crippen molar-refractivity contribution in [2.75, 3.05) is 7.05 Å². The van der Waals surface area contributed by atoms with Crippen molar-refractivity contribution in [2.24, 2.45) is 5.73 Å². The molecule has 0 aliphatic heterocycles. The van der Waals surface area contributed by atoms with Crippen LogP contribution in [0.15, 0.2) is 60.8 Å². The summed E-state index contributed by atoms with van der Waals surface area (Å²) in [6.45, 7) is 0. The average molecular weight is 408 g/mol. The molecule has 0 saturated carbocycles. The second-order valence-corrected chi connectivity index (χ2v) is 7.19. The number of halogens is 1. The molecule has 3 rings (SSSR count). The highest BCUT2D eigenvalue weighted by molar-refractivity contribution is 5.89. The van der Waals surface area contributed by atoms with Gasteiger partial charge in [-0.25, -0.2) is 4.39 Å². The van der Waals surface area contributed by atoms with E-state index in [1.165, 1.54) is 13.1 Å². The Labute approximate surface area is 174 Å². The maximum atomic E-state index is 13.8. The Balaban J connectivity index is 1.68. The van der Waals surface area contributed by atoms with Crippen molar-refractivity contribution in [1.82, 2.24) is 15.6 Å². The zero-order valence-corrected chi connectivity index (χ0v) is 16.8. The molecule has 156 valence electrons. The molecule has 2 amide bonds. The van der Waals surface area contributed by atoms with Crippen molar-refractivity contribution >= 4 is 22.7 Å². The number of likely N-dealkylation sites (N-methyl/N-ethyl adjacent to an activating group) is 1. The summed E-state index contributed by atoms with van der Waals surface area (Å²) < 4.78 is 13.8. The second-order valence-electron chi connectivity index (χ2n) is 7.19. The topological polar surface area (TPSA) is 97.1 Å². The first-order chi connectivity index (χ1) is 14.5. The lowest BCUT2D eigenvalue weighted by Crippen LogP contribution is -2.48. The molecule has 6 nitrogen and oxygen atoms in total. The lowest BCUT2D eigenvalue weighted by atomic mass is 10.00. The first-order valence-electron chi connectivity index (χ1n) is 9.80. The molecule has 30 heavy (non-hydrogen) atoms. The van der Waals surface area contributed by atoms with Crippen LogP contribution in [0.5, 0.6) is 0 Å². The maximum absolute atomic E-state index is 13.8. The number of rotatable bonds is 8. The Hall–Kier alpha value is -3.32. The lowest BCUT2D eigenvalue weighted by Gasteiger charge is -2.20. The van der Waals surface area contributed by atoms with Crippen LogP contribution in [-0.4, -0.2) is 35.9 Å². The number of aromatic nitrogens is 1. The quantitative estimate of drug-likeness (QED) is 0.532. The SMILES string of the molecule is CNC(=O)C(Cc1ccnc2ccccc12)NC(=O)C[C@H](N)Cc1ccccc1F. The van der Waals surface area contributed by atoms with Crippen LogP contribution in [0.3, 0.4) is 0 Å². The molecule has 3 aromatic rings. The summed E-state index contributed by atoms with van der Waals surface area (Å²) in [7, 11) is 1.52. The van der Waals surface area contributed by atoms with E-state index in [0.29, 0.717) is 12.0 Å². The van der Waals surface area contributed by atoms with Crippen molar-refractivity contribution in [2.45, 2.75) is 31.3 Å². The number of hydrogen-bond acceptors (Lipinski definition) is 4. The predicted octanol–water partition coefficient (Wildman–Crippen LogP) is 2.11. The second kappa shape index (κ2) is 9.93. The number of pyridine rings is 1. The van der Waals surface area contributed by atoms with Crippen molar-refractivity contribution in [3.8, 4) is 0 Å². The number of nitrogens with two attached hydrogens (primary N) is 1. The Morgan fingerprint density at radius 2 is 1.77 bits per heavy atom. The highest BCUT2D eigenvalue weighted by Crippen LogP contribution is 2.18. The van der Waals surface area contributed by atoms with E-state index in [1.54, 1.807) is 24.4 Å². The lowest BCUT2D eigenvalue weighted by molar-refractivity contribution is -0.128. The van der Waals surface area contributed by atoms with Crippen molar-refractivity contribution < 1.29 is 14.0 Å². The third kappa shape index (κ3) is 5.39. The van der Waals surface area contributed by atoms with E-state index < -0.39 is 12.1 Å². The third-order valence-electron chi connectivity index (χ3n) is 4.95. The van der Waals surface area contributed by atoms with Crippen LogP contribution in [0.1, 0.15) is 17.5 Å². The molecule has 0 aliphatic carbocycles. The molecule has 2 aromatic carbocycles. The number of carbonyl (C=O) groups excluding carboxylic acids is 2. The van der Waals surface area contributed by atoms with Gasteiger partial charge in [-0.2, -0.15) is 0 Å². The smallest absolute Gasteiger partial charge is 0.242 e. The van der Waals surface area contributed by atoms with Gasteiger partial charge in [0.25, 0.3) is 0 Å². The monoisotopic (exact) mass is 408 g/mol. The molecule has 1 unspecified atom stereocenters. The largest absolute Gasteiger partial charge is 0.357 e. The molecule has 7 heteroatoms. The molecule has 0 aliphatic rings. The molecule has 2 atom stereocenters. The number of amides is 2. The number of fused-ring (bicyclic) bond motifs is 1. The van der Waals surface area contributed by atoms with Gasteiger partial charge in [0.05, 0.1) is 5.52 Å². The van der Waals surface area contributed by atoms with Gasteiger partial charge < -0.3 is 16.4 Å². The van der Waals surface area contributed by atoms with Gasteiger partial charge in [0.2, 0.25) is 11.8 Å². The summed E-state index contributed by atoms with van der Waals surface area (Å²) in [4.78, 5) is 29.2. The number of para-hydroxylation sites is 1.